The molecule has 1 N–H and O–H groups in total. The molecule has 3 aromatic rings. The van der Waals surface area contributed by atoms with Crippen LogP contribution in [0.4, 0.5) is 5.69 Å². The van der Waals surface area contributed by atoms with Gasteiger partial charge in [0.05, 0.1) is 4.90 Å². The van der Waals surface area contributed by atoms with Crippen LogP contribution in [0.5, 0.6) is 0 Å². The summed E-state index contributed by atoms with van der Waals surface area (Å²) in [5, 5.41) is 0. The number of rotatable bonds is 10. The maximum Gasteiger partial charge on any atom is 0.261 e. The fourth-order valence-electron chi connectivity index (χ4n) is 4.91. The van der Waals surface area contributed by atoms with Crippen LogP contribution in [0.2, 0.25) is 0 Å². The Kier molecular flexibility index (Phi) is 9.23. The summed E-state index contributed by atoms with van der Waals surface area (Å²) in [7, 11) is -3.83. The van der Waals surface area contributed by atoms with Crippen molar-refractivity contribution in [3.8, 4) is 0 Å². The minimum atomic E-state index is -3.83. The van der Waals surface area contributed by atoms with Crippen molar-refractivity contribution in [3.63, 3.8) is 0 Å². The molecule has 0 aliphatic carbocycles. The topological polar surface area (TPSA) is 69.7 Å². The predicted octanol–water partition coefficient (Wildman–Crippen LogP) is 5.66. The average Bonchev–Trinajstić information content (AvgIpc) is 2.93. The number of piperazine rings is 1. The van der Waals surface area contributed by atoms with Crippen molar-refractivity contribution < 1.29 is 13.2 Å². The standard InChI is InChI=1S/C31H39N3O3S/c1-4-6-9-25-13-15-28(16-14-25)32-38(36,37)29-17-12-24(3)30(22-29)31(35)34-20-18-33(19-21-34)23-27-11-8-7-10-26(27)5-2/h7-8,10-17,22,32H,4-6,9,18-21,23H2,1-3H3. The minimum Gasteiger partial charge on any atom is -0.336 e. The molecule has 3 aromatic carbocycles. The van der Waals surface area contributed by atoms with Crippen LogP contribution in [0.1, 0.15) is 59.3 Å². The largest absolute Gasteiger partial charge is 0.336 e. The highest BCUT2D eigenvalue weighted by molar-refractivity contribution is 7.92. The lowest BCUT2D eigenvalue weighted by Gasteiger charge is -2.35. The van der Waals surface area contributed by atoms with Gasteiger partial charge in [0.25, 0.3) is 15.9 Å². The molecule has 1 saturated heterocycles. The SMILES string of the molecule is CCCCc1ccc(NS(=O)(=O)c2ccc(C)c(C(=O)N3CCN(Cc4ccccc4CC)CC3)c2)cc1. The third kappa shape index (κ3) is 6.83. The molecule has 0 saturated carbocycles. The van der Waals surface area contributed by atoms with Crippen LogP contribution in [0.25, 0.3) is 0 Å². The second-order valence-corrected chi connectivity index (χ2v) is 11.8. The highest BCUT2D eigenvalue weighted by atomic mass is 32.2. The maximum atomic E-state index is 13.4. The first-order valence-corrected chi connectivity index (χ1v) is 15.1. The maximum absolute atomic E-state index is 13.4. The number of amides is 1. The number of sulfonamides is 1. The van der Waals surface area contributed by atoms with Crippen LogP contribution in [0, 0.1) is 6.92 Å². The van der Waals surface area contributed by atoms with Crippen molar-refractivity contribution in [2.45, 2.75) is 57.9 Å². The second kappa shape index (κ2) is 12.6. The van der Waals surface area contributed by atoms with Crippen LogP contribution in [0.15, 0.2) is 71.6 Å². The van der Waals surface area contributed by atoms with Crippen molar-refractivity contribution in [1.82, 2.24) is 9.80 Å². The molecule has 0 atom stereocenters. The smallest absolute Gasteiger partial charge is 0.261 e. The lowest BCUT2D eigenvalue weighted by atomic mass is 10.0. The third-order valence-corrected chi connectivity index (χ3v) is 8.71. The van der Waals surface area contributed by atoms with Crippen molar-refractivity contribution in [2.75, 3.05) is 30.9 Å². The number of aryl methyl sites for hydroxylation is 3. The molecule has 4 rings (SSSR count). The van der Waals surface area contributed by atoms with Gasteiger partial charge >= 0.3 is 0 Å². The van der Waals surface area contributed by atoms with E-state index in [-0.39, 0.29) is 10.8 Å². The summed E-state index contributed by atoms with van der Waals surface area (Å²) in [6, 6.07) is 20.8. The molecule has 0 radical (unpaired) electrons. The van der Waals surface area contributed by atoms with Crippen molar-refractivity contribution in [2.24, 2.45) is 0 Å². The van der Waals surface area contributed by atoms with E-state index in [2.05, 4.69) is 47.7 Å². The van der Waals surface area contributed by atoms with Gasteiger partial charge in [-0.15, -0.1) is 0 Å². The van der Waals surface area contributed by atoms with Crippen LogP contribution in [-0.4, -0.2) is 50.3 Å². The van der Waals surface area contributed by atoms with Gasteiger partial charge in [-0.05, 0) is 72.7 Å². The van der Waals surface area contributed by atoms with Crippen LogP contribution < -0.4 is 4.72 Å². The molecule has 1 fully saturated rings. The number of nitrogens with zero attached hydrogens (tertiary/aromatic N) is 2. The Morgan fingerprint density at radius 1 is 0.895 bits per heavy atom. The van der Waals surface area contributed by atoms with Gasteiger partial charge in [0.1, 0.15) is 0 Å². The van der Waals surface area contributed by atoms with Gasteiger partial charge in [0.15, 0.2) is 0 Å². The zero-order chi connectivity index (χ0) is 27.1. The Bertz CT molecular complexity index is 1350. The van der Waals surface area contributed by atoms with Crippen molar-refractivity contribution in [3.05, 3.63) is 94.5 Å². The Balaban J connectivity index is 1.41. The summed E-state index contributed by atoms with van der Waals surface area (Å²) in [5.74, 6) is -0.117. The molecule has 1 aliphatic rings. The Morgan fingerprint density at radius 3 is 2.24 bits per heavy atom. The highest BCUT2D eigenvalue weighted by Gasteiger charge is 2.25. The zero-order valence-electron chi connectivity index (χ0n) is 22.7. The van der Waals surface area contributed by atoms with Crippen LogP contribution in [0.3, 0.4) is 0 Å². The Morgan fingerprint density at radius 2 is 1.58 bits per heavy atom. The number of hydrogen-bond donors (Lipinski definition) is 1. The fraction of sp³-hybridized carbons (Fsp3) is 0.387. The molecule has 1 amide bonds. The molecule has 202 valence electrons. The van der Waals surface area contributed by atoms with Crippen molar-refractivity contribution in [1.29, 1.82) is 0 Å². The van der Waals surface area contributed by atoms with Gasteiger partial charge in [-0.1, -0.05) is 62.7 Å². The van der Waals surface area contributed by atoms with E-state index in [1.54, 1.807) is 24.3 Å². The number of hydrogen-bond acceptors (Lipinski definition) is 4. The number of nitrogens with one attached hydrogen (secondary N) is 1. The van der Waals surface area contributed by atoms with E-state index >= 15 is 0 Å². The highest BCUT2D eigenvalue weighted by Crippen LogP contribution is 2.22. The first-order chi connectivity index (χ1) is 18.3. The fourth-order valence-corrected chi connectivity index (χ4v) is 5.99. The molecule has 0 aromatic heterocycles. The molecule has 0 spiro atoms. The molecule has 0 bridgehead atoms. The van der Waals surface area contributed by atoms with Gasteiger partial charge in [0, 0.05) is 44.0 Å². The van der Waals surface area contributed by atoms with E-state index in [4.69, 9.17) is 0 Å². The average molecular weight is 534 g/mol. The van der Waals surface area contributed by atoms with E-state index in [0.717, 1.165) is 50.9 Å². The first-order valence-electron chi connectivity index (χ1n) is 13.6. The normalized spacial score (nSPS) is 14.4. The molecule has 38 heavy (non-hydrogen) atoms. The van der Waals surface area contributed by atoms with Gasteiger partial charge in [0.2, 0.25) is 0 Å². The summed E-state index contributed by atoms with van der Waals surface area (Å²) in [4.78, 5) is 17.7. The van der Waals surface area contributed by atoms with Gasteiger partial charge in [-0.2, -0.15) is 0 Å². The van der Waals surface area contributed by atoms with E-state index < -0.39 is 10.0 Å². The second-order valence-electron chi connectivity index (χ2n) is 10.1. The summed E-state index contributed by atoms with van der Waals surface area (Å²) in [5.41, 5.74) is 5.61. The quantitative estimate of drug-likeness (QED) is 0.365. The van der Waals surface area contributed by atoms with Crippen molar-refractivity contribution >= 4 is 21.6 Å². The number of anilines is 1. The number of carbonyl (C=O) groups excluding carboxylic acids is 1. The van der Waals surface area contributed by atoms with E-state index in [0.29, 0.717) is 24.3 Å². The number of benzene rings is 3. The monoisotopic (exact) mass is 533 g/mol. The number of unbranched alkanes of at least 4 members (excludes halogenated alkanes) is 1. The number of carbonyl (C=O) groups is 1. The zero-order valence-corrected chi connectivity index (χ0v) is 23.6. The molecule has 1 heterocycles. The third-order valence-electron chi connectivity index (χ3n) is 7.33. The van der Waals surface area contributed by atoms with E-state index in [1.807, 2.05) is 24.0 Å². The summed E-state index contributed by atoms with van der Waals surface area (Å²) < 4.78 is 29.0. The van der Waals surface area contributed by atoms with Gasteiger partial charge in [-0.3, -0.25) is 14.4 Å². The molecule has 6 nitrogen and oxygen atoms in total. The molecule has 0 unspecified atom stereocenters. The lowest BCUT2D eigenvalue weighted by molar-refractivity contribution is 0.0627. The summed E-state index contributed by atoms with van der Waals surface area (Å²) >= 11 is 0. The molecule has 1 aliphatic heterocycles. The summed E-state index contributed by atoms with van der Waals surface area (Å²) in [6.45, 7) is 9.86. The predicted molar refractivity (Wildman–Crippen MR) is 154 cm³/mol. The molecule has 7 heteroatoms. The van der Waals surface area contributed by atoms with E-state index in [1.165, 1.54) is 22.8 Å². The summed E-state index contributed by atoms with van der Waals surface area (Å²) in [6.07, 6.45) is 4.21. The minimum absolute atomic E-state index is 0.0938. The van der Waals surface area contributed by atoms with Gasteiger partial charge < -0.3 is 4.90 Å². The Hall–Kier alpha value is -3.16. The molecular weight excluding hydrogens is 494 g/mol. The van der Waals surface area contributed by atoms with Gasteiger partial charge in [-0.25, -0.2) is 8.42 Å². The van der Waals surface area contributed by atoms with E-state index in [9.17, 15) is 13.2 Å². The first kappa shape index (κ1) is 27.9. The Labute approximate surface area is 227 Å². The molecular formula is C31H39N3O3S. The lowest BCUT2D eigenvalue weighted by Crippen LogP contribution is -2.48. The van der Waals surface area contributed by atoms with Crippen LogP contribution >= 0.6 is 0 Å². The van der Waals surface area contributed by atoms with Crippen LogP contribution in [-0.2, 0) is 29.4 Å².